The fourth-order valence-corrected chi connectivity index (χ4v) is 2.44. The summed E-state index contributed by atoms with van der Waals surface area (Å²) in [5, 5.41) is 2.85. The highest BCUT2D eigenvalue weighted by molar-refractivity contribution is 5.91. The summed E-state index contributed by atoms with van der Waals surface area (Å²) in [6.07, 6.45) is 3.92. The van der Waals surface area contributed by atoms with Crippen LogP contribution in [0.1, 0.15) is 36.7 Å². The van der Waals surface area contributed by atoms with Gasteiger partial charge in [0.1, 0.15) is 0 Å². The third-order valence-corrected chi connectivity index (χ3v) is 3.47. The number of carbonyl (C=O) groups excluding carboxylic acids is 2. The Labute approximate surface area is 113 Å². The summed E-state index contributed by atoms with van der Waals surface area (Å²) in [6.45, 7) is 3.88. The maximum atomic E-state index is 12.1. The Morgan fingerprint density at radius 2 is 2.26 bits per heavy atom. The van der Waals surface area contributed by atoms with Crippen molar-refractivity contribution in [2.75, 3.05) is 19.6 Å². The summed E-state index contributed by atoms with van der Waals surface area (Å²) >= 11 is 0. The first-order valence-corrected chi connectivity index (χ1v) is 6.83. The molecule has 2 amide bonds. The second-order valence-electron chi connectivity index (χ2n) is 4.79. The Hall–Kier alpha value is -1.78. The van der Waals surface area contributed by atoms with Crippen molar-refractivity contribution in [1.82, 2.24) is 10.2 Å². The maximum absolute atomic E-state index is 12.1. The van der Waals surface area contributed by atoms with Crippen LogP contribution in [0.4, 0.5) is 0 Å². The van der Waals surface area contributed by atoms with Gasteiger partial charge in [0.25, 0.3) is 5.91 Å². The molecule has 0 saturated carbocycles. The van der Waals surface area contributed by atoms with Crippen molar-refractivity contribution in [2.45, 2.75) is 26.2 Å². The van der Waals surface area contributed by atoms with Crippen molar-refractivity contribution in [3.63, 3.8) is 0 Å². The number of nitrogens with one attached hydrogen (secondary N) is 1. The molecular weight excluding hydrogens is 244 g/mol. The number of likely N-dealkylation sites (tertiary alicyclic amines) is 1. The van der Waals surface area contributed by atoms with E-state index in [0.717, 1.165) is 19.3 Å². The zero-order chi connectivity index (χ0) is 13.7. The van der Waals surface area contributed by atoms with Crippen LogP contribution >= 0.6 is 0 Å². The Balaban J connectivity index is 1.93. The van der Waals surface area contributed by atoms with Gasteiger partial charge in [-0.05, 0) is 38.3 Å². The summed E-state index contributed by atoms with van der Waals surface area (Å²) in [5.74, 6) is 0.419. The van der Waals surface area contributed by atoms with Crippen LogP contribution in [0.2, 0.25) is 0 Å². The normalized spacial score (nSPS) is 19.8. The molecule has 1 atom stereocenters. The minimum absolute atomic E-state index is 0.0225. The Morgan fingerprint density at radius 3 is 2.95 bits per heavy atom. The van der Waals surface area contributed by atoms with Crippen LogP contribution in [0.25, 0.3) is 0 Å². The van der Waals surface area contributed by atoms with Crippen LogP contribution in [0.15, 0.2) is 22.8 Å². The number of amides is 2. The van der Waals surface area contributed by atoms with E-state index in [4.69, 9.17) is 4.42 Å². The van der Waals surface area contributed by atoms with Crippen LogP contribution < -0.4 is 5.32 Å². The molecule has 1 aliphatic rings. The number of rotatable bonds is 3. The fourth-order valence-electron chi connectivity index (χ4n) is 2.44. The van der Waals surface area contributed by atoms with E-state index in [1.54, 1.807) is 17.0 Å². The van der Waals surface area contributed by atoms with E-state index >= 15 is 0 Å². The van der Waals surface area contributed by atoms with Crippen LogP contribution in [0, 0.1) is 5.92 Å². The van der Waals surface area contributed by atoms with Gasteiger partial charge in [-0.15, -0.1) is 0 Å². The predicted octanol–water partition coefficient (Wildman–Crippen LogP) is 1.66. The van der Waals surface area contributed by atoms with E-state index in [1.807, 2.05) is 6.92 Å². The molecule has 1 saturated heterocycles. The van der Waals surface area contributed by atoms with Gasteiger partial charge in [0.05, 0.1) is 6.26 Å². The maximum Gasteiger partial charge on any atom is 0.289 e. The molecule has 0 aromatic carbocycles. The standard InChI is InChI=1S/C14H20N2O3/c1-2-15-13(17)11-5-3-8-16(9-7-11)14(18)12-6-4-10-19-12/h4,6,10-11H,2-3,5,7-9H2,1H3,(H,15,17). The number of hydrogen-bond acceptors (Lipinski definition) is 3. The number of hydrogen-bond donors (Lipinski definition) is 1. The summed E-state index contributed by atoms with van der Waals surface area (Å²) < 4.78 is 5.13. The van der Waals surface area contributed by atoms with Crippen molar-refractivity contribution in [2.24, 2.45) is 5.92 Å². The van der Waals surface area contributed by atoms with Crippen LogP contribution in [-0.2, 0) is 4.79 Å². The highest BCUT2D eigenvalue weighted by atomic mass is 16.3. The first-order valence-electron chi connectivity index (χ1n) is 6.83. The van der Waals surface area contributed by atoms with Crippen LogP contribution in [0.5, 0.6) is 0 Å². The molecule has 0 spiro atoms. The molecule has 1 N–H and O–H groups in total. The fraction of sp³-hybridized carbons (Fsp3) is 0.571. The minimum atomic E-state index is -0.0819. The molecule has 104 valence electrons. The van der Waals surface area contributed by atoms with Crippen molar-refractivity contribution >= 4 is 11.8 Å². The molecule has 5 nitrogen and oxygen atoms in total. The largest absolute Gasteiger partial charge is 0.459 e. The second kappa shape index (κ2) is 6.41. The lowest BCUT2D eigenvalue weighted by Gasteiger charge is -2.19. The molecule has 5 heteroatoms. The van der Waals surface area contributed by atoms with E-state index in [9.17, 15) is 9.59 Å². The molecule has 19 heavy (non-hydrogen) atoms. The Morgan fingerprint density at radius 1 is 1.42 bits per heavy atom. The van der Waals surface area contributed by atoms with Crippen molar-refractivity contribution in [1.29, 1.82) is 0 Å². The molecule has 1 aliphatic heterocycles. The quantitative estimate of drug-likeness (QED) is 0.903. The summed E-state index contributed by atoms with van der Waals surface area (Å²) in [5.41, 5.74) is 0. The highest BCUT2D eigenvalue weighted by Gasteiger charge is 2.26. The van der Waals surface area contributed by atoms with E-state index < -0.39 is 0 Å². The average molecular weight is 264 g/mol. The second-order valence-corrected chi connectivity index (χ2v) is 4.79. The van der Waals surface area contributed by atoms with E-state index in [0.29, 0.717) is 25.4 Å². The van der Waals surface area contributed by atoms with E-state index in [2.05, 4.69) is 5.32 Å². The first kappa shape index (κ1) is 13.6. The van der Waals surface area contributed by atoms with Crippen molar-refractivity contribution in [3.05, 3.63) is 24.2 Å². The van der Waals surface area contributed by atoms with Gasteiger partial charge in [-0.25, -0.2) is 0 Å². The summed E-state index contributed by atoms with van der Waals surface area (Å²) in [7, 11) is 0. The third kappa shape index (κ3) is 3.36. The first-order chi connectivity index (χ1) is 9.22. The van der Waals surface area contributed by atoms with E-state index in [1.165, 1.54) is 6.26 Å². The SMILES string of the molecule is CCNC(=O)C1CCCN(C(=O)c2ccco2)CC1. The average Bonchev–Trinajstić information content (AvgIpc) is 2.82. The molecule has 2 heterocycles. The third-order valence-electron chi connectivity index (χ3n) is 3.47. The van der Waals surface area contributed by atoms with Gasteiger partial charge in [0.2, 0.25) is 5.91 Å². The monoisotopic (exact) mass is 264 g/mol. The predicted molar refractivity (Wildman–Crippen MR) is 70.6 cm³/mol. The van der Waals surface area contributed by atoms with Gasteiger partial charge in [-0.3, -0.25) is 9.59 Å². The molecule has 0 aliphatic carbocycles. The van der Waals surface area contributed by atoms with Gasteiger partial charge < -0.3 is 14.6 Å². The Kier molecular flexibility index (Phi) is 4.60. The van der Waals surface area contributed by atoms with Gasteiger partial charge in [-0.1, -0.05) is 0 Å². The van der Waals surface area contributed by atoms with Crippen molar-refractivity contribution in [3.8, 4) is 0 Å². The molecule has 0 bridgehead atoms. The summed E-state index contributed by atoms with van der Waals surface area (Å²) in [6, 6.07) is 3.39. The van der Waals surface area contributed by atoms with Crippen LogP contribution in [-0.4, -0.2) is 36.3 Å². The molecule has 1 fully saturated rings. The van der Waals surface area contributed by atoms with Gasteiger partial charge >= 0.3 is 0 Å². The van der Waals surface area contributed by atoms with Crippen LogP contribution in [0.3, 0.4) is 0 Å². The number of nitrogens with zero attached hydrogens (tertiary/aromatic N) is 1. The van der Waals surface area contributed by atoms with Gasteiger partial charge in [-0.2, -0.15) is 0 Å². The molecule has 1 unspecified atom stereocenters. The minimum Gasteiger partial charge on any atom is -0.459 e. The Bertz CT molecular complexity index is 428. The molecule has 1 aromatic rings. The lowest BCUT2D eigenvalue weighted by atomic mass is 10.00. The highest BCUT2D eigenvalue weighted by Crippen LogP contribution is 2.19. The van der Waals surface area contributed by atoms with E-state index in [-0.39, 0.29) is 17.7 Å². The zero-order valence-corrected chi connectivity index (χ0v) is 11.2. The number of carbonyl (C=O) groups is 2. The molecule has 0 radical (unpaired) electrons. The van der Waals surface area contributed by atoms with Crippen molar-refractivity contribution < 1.29 is 14.0 Å². The molecule has 2 rings (SSSR count). The topological polar surface area (TPSA) is 62.6 Å². The number of furan rings is 1. The zero-order valence-electron chi connectivity index (χ0n) is 11.2. The molecule has 1 aromatic heterocycles. The smallest absolute Gasteiger partial charge is 0.289 e. The van der Waals surface area contributed by atoms with Gasteiger partial charge in [0.15, 0.2) is 5.76 Å². The summed E-state index contributed by atoms with van der Waals surface area (Å²) in [4.78, 5) is 25.7. The lowest BCUT2D eigenvalue weighted by molar-refractivity contribution is -0.125. The molecular formula is C14H20N2O3. The van der Waals surface area contributed by atoms with Gasteiger partial charge in [0, 0.05) is 25.6 Å². The lowest BCUT2D eigenvalue weighted by Crippen LogP contribution is -2.33.